The first-order chi connectivity index (χ1) is 13.3. The molecule has 2 N–H and O–H groups in total. The number of fused-ring (bicyclic) bond motifs is 1. The highest BCUT2D eigenvalue weighted by Gasteiger charge is 2.11. The highest BCUT2D eigenvalue weighted by Crippen LogP contribution is 2.15. The van der Waals surface area contributed by atoms with Crippen molar-refractivity contribution in [3.63, 3.8) is 0 Å². The average Bonchev–Trinajstić information content (AvgIpc) is 3.31. The van der Waals surface area contributed by atoms with E-state index in [4.69, 9.17) is 4.74 Å². The predicted molar refractivity (Wildman–Crippen MR) is 95.0 cm³/mol. The van der Waals surface area contributed by atoms with Crippen LogP contribution in [0.1, 0.15) is 17.8 Å². The van der Waals surface area contributed by atoms with Gasteiger partial charge in [0, 0.05) is 19.2 Å². The van der Waals surface area contributed by atoms with Crippen LogP contribution < -0.4 is 15.4 Å². The molecule has 0 saturated heterocycles. The maximum atomic E-state index is 12.1. The quantitative estimate of drug-likeness (QED) is 0.632. The van der Waals surface area contributed by atoms with E-state index in [1.807, 2.05) is 22.9 Å². The standard InChI is InChI=1S/C17H20N8O2/c26-17(19-9-13-7-15-10-18-5-2-6-24(15)21-13)11-27-16-4-1-3-14(8-16)25-12-20-22-23-25/h1,3-4,7-8,12,18H,2,5-6,9-11H2,(H,19,26). The van der Waals surface area contributed by atoms with Gasteiger partial charge in [0.1, 0.15) is 12.1 Å². The first-order valence-corrected chi connectivity index (χ1v) is 8.77. The summed E-state index contributed by atoms with van der Waals surface area (Å²) >= 11 is 0. The van der Waals surface area contributed by atoms with Crippen molar-refractivity contribution in [2.24, 2.45) is 0 Å². The molecule has 2 aromatic heterocycles. The van der Waals surface area contributed by atoms with Gasteiger partial charge in [-0.3, -0.25) is 9.48 Å². The molecule has 4 rings (SSSR count). The molecule has 0 spiro atoms. The number of nitrogens with one attached hydrogen (secondary N) is 2. The molecule has 10 nitrogen and oxygen atoms in total. The number of carbonyl (C=O) groups is 1. The Bertz CT molecular complexity index is 882. The van der Waals surface area contributed by atoms with Gasteiger partial charge in [-0.25, -0.2) is 4.68 Å². The number of hydrogen-bond donors (Lipinski definition) is 2. The fraction of sp³-hybridized carbons (Fsp3) is 0.353. The molecular weight excluding hydrogens is 348 g/mol. The van der Waals surface area contributed by atoms with Gasteiger partial charge in [0.2, 0.25) is 0 Å². The van der Waals surface area contributed by atoms with E-state index in [1.165, 1.54) is 11.0 Å². The summed E-state index contributed by atoms with van der Waals surface area (Å²) in [6.45, 7) is 3.02. The molecule has 0 atom stereocenters. The van der Waals surface area contributed by atoms with Crippen molar-refractivity contribution in [3.05, 3.63) is 48.0 Å². The van der Waals surface area contributed by atoms with Crippen LogP contribution in [0, 0.1) is 0 Å². The second kappa shape index (κ2) is 7.96. The van der Waals surface area contributed by atoms with Crippen LogP contribution in [0.5, 0.6) is 5.75 Å². The number of rotatable bonds is 6. The fourth-order valence-electron chi connectivity index (χ4n) is 2.89. The Labute approximate surface area is 155 Å². The van der Waals surface area contributed by atoms with Crippen molar-refractivity contribution < 1.29 is 9.53 Å². The van der Waals surface area contributed by atoms with E-state index in [0.717, 1.165) is 43.1 Å². The smallest absolute Gasteiger partial charge is 0.258 e. The van der Waals surface area contributed by atoms with E-state index in [1.54, 1.807) is 12.1 Å². The summed E-state index contributed by atoms with van der Waals surface area (Å²) in [6.07, 6.45) is 2.55. The van der Waals surface area contributed by atoms with Crippen molar-refractivity contribution in [2.75, 3.05) is 13.2 Å². The summed E-state index contributed by atoms with van der Waals surface area (Å²) < 4.78 is 9.08. The number of benzene rings is 1. The van der Waals surface area contributed by atoms with E-state index in [0.29, 0.717) is 12.3 Å². The lowest BCUT2D eigenvalue weighted by Crippen LogP contribution is -2.28. The summed E-state index contributed by atoms with van der Waals surface area (Å²) in [5.74, 6) is 0.363. The number of tetrazole rings is 1. The second-order valence-corrected chi connectivity index (χ2v) is 6.20. The third kappa shape index (κ3) is 4.29. The predicted octanol–water partition coefficient (Wildman–Crippen LogP) is 0.0473. The van der Waals surface area contributed by atoms with E-state index in [2.05, 4.69) is 31.3 Å². The number of ether oxygens (including phenoxy) is 1. The lowest BCUT2D eigenvalue weighted by Gasteiger charge is -2.08. The van der Waals surface area contributed by atoms with Crippen molar-refractivity contribution in [1.29, 1.82) is 0 Å². The number of carbonyl (C=O) groups excluding carboxylic acids is 1. The summed E-state index contributed by atoms with van der Waals surface area (Å²) in [5.41, 5.74) is 2.75. The minimum Gasteiger partial charge on any atom is -0.484 e. The molecule has 27 heavy (non-hydrogen) atoms. The number of nitrogens with zero attached hydrogens (tertiary/aromatic N) is 6. The van der Waals surface area contributed by atoms with Crippen molar-refractivity contribution in [3.8, 4) is 11.4 Å². The highest BCUT2D eigenvalue weighted by atomic mass is 16.5. The van der Waals surface area contributed by atoms with Gasteiger partial charge in [0.15, 0.2) is 6.61 Å². The summed E-state index contributed by atoms with van der Waals surface area (Å²) in [7, 11) is 0. The molecule has 3 aromatic rings. The zero-order valence-electron chi connectivity index (χ0n) is 14.7. The lowest BCUT2D eigenvalue weighted by molar-refractivity contribution is -0.123. The van der Waals surface area contributed by atoms with Gasteiger partial charge >= 0.3 is 0 Å². The molecule has 140 valence electrons. The molecule has 3 heterocycles. The molecule has 0 radical (unpaired) electrons. The maximum absolute atomic E-state index is 12.1. The summed E-state index contributed by atoms with van der Waals surface area (Å²) in [6, 6.07) is 9.23. The molecule has 0 bridgehead atoms. The first-order valence-electron chi connectivity index (χ1n) is 8.77. The van der Waals surface area contributed by atoms with Crippen LogP contribution in [-0.2, 0) is 24.4 Å². The zero-order chi connectivity index (χ0) is 18.5. The van der Waals surface area contributed by atoms with Gasteiger partial charge in [-0.15, -0.1) is 5.10 Å². The minimum atomic E-state index is -0.204. The highest BCUT2D eigenvalue weighted by molar-refractivity contribution is 5.77. The topological polar surface area (TPSA) is 112 Å². The van der Waals surface area contributed by atoms with Crippen LogP contribution in [0.15, 0.2) is 36.7 Å². The van der Waals surface area contributed by atoms with Crippen LogP contribution in [0.2, 0.25) is 0 Å². The Morgan fingerprint density at radius 3 is 3.19 bits per heavy atom. The van der Waals surface area contributed by atoms with Crippen LogP contribution in [0.4, 0.5) is 0 Å². The van der Waals surface area contributed by atoms with Crippen molar-refractivity contribution in [1.82, 2.24) is 40.6 Å². The molecule has 0 aliphatic carbocycles. The zero-order valence-corrected chi connectivity index (χ0v) is 14.7. The SMILES string of the molecule is O=C(COc1cccc(-n2cnnn2)c1)NCc1cc2n(n1)CCCNC2. The summed E-state index contributed by atoms with van der Waals surface area (Å²) in [4.78, 5) is 12.1. The molecule has 1 aliphatic rings. The van der Waals surface area contributed by atoms with Crippen molar-refractivity contribution in [2.45, 2.75) is 26.1 Å². The van der Waals surface area contributed by atoms with Gasteiger partial charge in [-0.2, -0.15) is 5.10 Å². The lowest BCUT2D eigenvalue weighted by atomic mass is 10.3. The molecule has 1 aliphatic heterocycles. The average molecular weight is 368 g/mol. The number of aromatic nitrogens is 6. The van der Waals surface area contributed by atoms with Crippen LogP contribution in [0.25, 0.3) is 5.69 Å². The second-order valence-electron chi connectivity index (χ2n) is 6.20. The monoisotopic (exact) mass is 368 g/mol. The Balaban J connectivity index is 1.28. The van der Waals surface area contributed by atoms with Gasteiger partial charge in [-0.05, 0) is 41.6 Å². The Morgan fingerprint density at radius 2 is 2.30 bits per heavy atom. The van der Waals surface area contributed by atoms with E-state index < -0.39 is 0 Å². The van der Waals surface area contributed by atoms with E-state index in [-0.39, 0.29) is 12.5 Å². The van der Waals surface area contributed by atoms with Crippen LogP contribution >= 0.6 is 0 Å². The Hall–Kier alpha value is -3.27. The molecule has 0 saturated carbocycles. The molecule has 1 aromatic carbocycles. The fourth-order valence-corrected chi connectivity index (χ4v) is 2.89. The molecule has 0 unspecified atom stereocenters. The van der Waals surface area contributed by atoms with E-state index in [9.17, 15) is 4.79 Å². The number of hydrogen-bond acceptors (Lipinski definition) is 7. The molecule has 0 fully saturated rings. The van der Waals surface area contributed by atoms with Crippen LogP contribution in [-0.4, -0.2) is 49.0 Å². The summed E-state index contributed by atoms with van der Waals surface area (Å²) in [5, 5.41) is 21.8. The van der Waals surface area contributed by atoms with Gasteiger partial charge in [0.05, 0.1) is 23.6 Å². The third-order valence-corrected chi connectivity index (χ3v) is 4.21. The molecular formula is C17H20N8O2. The third-order valence-electron chi connectivity index (χ3n) is 4.21. The largest absolute Gasteiger partial charge is 0.484 e. The molecule has 1 amide bonds. The Kier molecular flexibility index (Phi) is 5.06. The first kappa shape index (κ1) is 17.2. The normalized spacial score (nSPS) is 13.6. The molecule has 10 heteroatoms. The number of aryl methyl sites for hydroxylation is 1. The van der Waals surface area contributed by atoms with Crippen LogP contribution in [0.3, 0.4) is 0 Å². The maximum Gasteiger partial charge on any atom is 0.258 e. The van der Waals surface area contributed by atoms with Gasteiger partial charge < -0.3 is 15.4 Å². The van der Waals surface area contributed by atoms with E-state index >= 15 is 0 Å². The van der Waals surface area contributed by atoms with Gasteiger partial charge in [0.25, 0.3) is 5.91 Å². The Morgan fingerprint density at radius 1 is 1.33 bits per heavy atom. The number of amides is 1. The minimum absolute atomic E-state index is 0.0752. The van der Waals surface area contributed by atoms with Gasteiger partial charge in [-0.1, -0.05) is 6.07 Å². The van der Waals surface area contributed by atoms with Crippen molar-refractivity contribution >= 4 is 5.91 Å².